The average Bonchev–Trinajstić information content (AvgIpc) is 3.35. The fourth-order valence-corrected chi connectivity index (χ4v) is 5.01. The standard InChI is InChI=1S/C19H20N4O2S2/c1-13(18(24)22-9-7-17-14(11-22)8-10-26-17)27-19-21-20-12-23(19)15-5-3-4-6-16(15)25-2/h3-6,8,10,12-13H,7,9,11H2,1-2H3. The van der Waals surface area contributed by atoms with Crippen molar-refractivity contribution in [1.29, 1.82) is 0 Å². The van der Waals surface area contributed by atoms with Crippen LogP contribution >= 0.6 is 23.1 Å². The molecule has 1 atom stereocenters. The summed E-state index contributed by atoms with van der Waals surface area (Å²) in [6, 6.07) is 9.81. The van der Waals surface area contributed by atoms with Crippen molar-refractivity contribution in [3.8, 4) is 11.4 Å². The first-order chi connectivity index (χ1) is 13.2. The van der Waals surface area contributed by atoms with Gasteiger partial charge in [-0.3, -0.25) is 9.36 Å². The minimum absolute atomic E-state index is 0.131. The van der Waals surface area contributed by atoms with Crippen LogP contribution in [0.4, 0.5) is 0 Å². The Morgan fingerprint density at radius 1 is 1.33 bits per heavy atom. The highest BCUT2D eigenvalue weighted by molar-refractivity contribution is 8.00. The van der Waals surface area contributed by atoms with Gasteiger partial charge < -0.3 is 9.64 Å². The van der Waals surface area contributed by atoms with Crippen LogP contribution in [0.2, 0.25) is 0 Å². The fraction of sp³-hybridized carbons (Fsp3) is 0.316. The molecule has 1 aliphatic heterocycles. The number of rotatable bonds is 5. The smallest absolute Gasteiger partial charge is 0.236 e. The predicted molar refractivity (Wildman–Crippen MR) is 107 cm³/mol. The van der Waals surface area contributed by atoms with Crippen LogP contribution < -0.4 is 4.74 Å². The molecule has 0 radical (unpaired) electrons. The number of thiophene rings is 1. The molecule has 4 rings (SSSR count). The molecule has 0 aliphatic carbocycles. The molecule has 3 heterocycles. The first-order valence-electron chi connectivity index (χ1n) is 8.71. The van der Waals surface area contributed by atoms with E-state index in [1.807, 2.05) is 40.7 Å². The van der Waals surface area contributed by atoms with E-state index < -0.39 is 0 Å². The Kier molecular flexibility index (Phi) is 5.18. The lowest BCUT2D eigenvalue weighted by Crippen LogP contribution is -2.39. The molecule has 1 amide bonds. The van der Waals surface area contributed by atoms with E-state index >= 15 is 0 Å². The Hall–Kier alpha value is -2.32. The maximum atomic E-state index is 13.0. The van der Waals surface area contributed by atoms with Crippen LogP contribution in [0.3, 0.4) is 0 Å². The minimum atomic E-state index is -0.247. The van der Waals surface area contributed by atoms with Gasteiger partial charge in [0.15, 0.2) is 5.16 Å². The van der Waals surface area contributed by atoms with Crippen LogP contribution in [0, 0.1) is 0 Å². The zero-order valence-corrected chi connectivity index (χ0v) is 16.8. The highest BCUT2D eigenvalue weighted by atomic mass is 32.2. The van der Waals surface area contributed by atoms with Gasteiger partial charge >= 0.3 is 0 Å². The second-order valence-electron chi connectivity index (χ2n) is 6.29. The number of methoxy groups -OCH3 is 1. The molecule has 0 fully saturated rings. The Balaban J connectivity index is 1.50. The van der Waals surface area contributed by atoms with Gasteiger partial charge in [0, 0.05) is 18.0 Å². The zero-order valence-electron chi connectivity index (χ0n) is 15.2. The number of benzene rings is 1. The normalized spacial score (nSPS) is 14.7. The van der Waals surface area contributed by atoms with E-state index in [2.05, 4.69) is 21.6 Å². The number of aromatic nitrogens is 3. The molecule has 140 valence electrons. The van der Waals surface area contributed by atoms with Gasteiger partial charge in [-0.25, -0.2) is 0 Å². The molecule has 2 aromatic heterocycles. The van der Waals surface area contributed by atoms with Crippen LogP contribution in [0.15, 0.2) is 47.2 Å². The Labute approximate surface area is 166 Å². The summed E-state index contributed by atoms with van der Waals surface area (Å²) in [7, 11) is 1.64. The summed E-state index contributed by atoms with van der Waals surface area (Å²) in [5, 5.41) is 10.8. The van der Waals surface area contributed by atoms with Crippen molar-refractivity contribution in [1.82, 2.24) is 19.7 Å². The summed E-state index contributed by atoms with van der Waals surface area (Å²) < 4.78 is 7.30. The minimum Gasteiger partial charge on any atom is -0.495 e. The maximum absolute atomic E-state index is 13.0. The number of nitrogens with zero attached hydrogens (tertiary/aromatic N) is 4. The van der Waals surface area contributed by atoms with Gasteiger partial charge in [0.25, 0.3) is 0 Å². The molecular weight excluding hydrogens is 380 g/mol. The summed E-state index contributed by atoms with van der Waals surface area (Å²) in [4.78, 5) is 16.3. The number of para-hydroxylation sites is 2. The largest absolute Gasteiger partial charge is 0.495 e. The number of carbonyl (C=O) groups is 1. The van der Waals surface area contributed by atoms with Crippen molar-refractivity contribution < 1.29 is 9.53 Å². The highest BCUT2D eigenvalue weighted by Crippen LogP contribution is 2.30. The molecule has 1 aliphatic rings. The highest BCUT2D eigenvalue weighted by Gasteiger charge is 2.27. The lowest BCUT2D eigenvalue weighted by molar-refractivity contribution is -0.131. The van der Waals surface area contributed by atoms with Crippen molar-refractivity contribution in [3.63, 3.8) is 0 Å². The molecule has 0 bridgehead atoms. The van der Waals surface area contributed by atoms with E-state index in [0.717, 1.165) is 24.4 Å². The van der Waals surface area contributed by atoms with Crippen molar-refractivity contribution in [2.24, 2.45) is 0 Å². The van der Waals surface area contributed by atoms with E-state index in [-0.39, 0.29) is 11.2 Å². The molecule has 0 saturated carbocycles. The van der Waals surface area contributed by atoms with Gasteiger partial charge in [0.2, 0.25) is 5.91 Å². The lowest BCUT2D eigenvalue weighted by atomic mass is 10.1. The second kappa shape index (κ2) is 7.74. The number of thioether (sulfide) groups is 1. The van der Waals surface area contributed by atoms with E-state index in [9.17, 15) is 4.79 Å². The Morgan fingerprint density at radius 3 is 3.04 bits per heavy atom. The molecule has 8 heteroatoms. The van der Waals surface area contributed by atoms with Gasteiger partial charge in [-0.1, -0.05) is 23.9 Å². The van der Waals surface area contributed by atoms with Crippen LogP contribution in [-0.2, 0) is 17.8 Å². The third-order valence-corrected chi connectivity index (χ3v) is 6.68. The molecule has 6 nitrogen and oxygen atoms in total. The van der Waals surface area contributed by atoms with E-state index in [0.29, 0.717) is 11.7 Å². The predicted octanol–water partition coefficient (Wildman–Crippen LogP) is 3.40. The van der Waals surface area contributed by atoms with Crippen molar-refractivity contribution in [2.75, 3.05) is 13.7 Å². The average molecular weight is 401 g/mol. The topological polar surface area (TPSA) is 60.2 Å². The van der Waals surface area contributed by atoms with Crippen molar-refractivity contribution >= 4 is 29.0 Å². The molecule has 0 saturated heterocycles. The number of carbonyl (C=O) groups excluding carboxylic acids is 1. The summed E-state index contributed by atoms with van der Waals surface area (Å²) in [6.45, 7) is 3.40. The fourth-order valence-electron chi connectivity index (χ4n) is 3.20. The first kappa shape index (κ1) is 18.1. The number of amides is 1. The monoisotopic (exact) mass is 400 g/mol. The van der Waals surface area contributed by atoms with Gasteiger partial charge in [0.05, 0.1) is 18.0 Å². The molecule has 1 unspecified atom stereocenters. The third-order valence-electron chi connectivity index (χ3n) is 4.61. The van der Waals surface area contributed by atoms with Crippen LogP contribution in [-0.4, -0.2) is 44.5 Å². The third kappa shape index (κ3) is 3.59. The molecule has 3 aromatic rings. The quantitative estimate of drug-likeness (QED) is 0.615. The molecule has 1 aromatic carbocycles. The SMILES string of the molecule is COc1ccccc1-n1cnnc1SC(C)C(=O)N1CCc2sccc2C1. The van der Waals surface area contributed by atoms with Crippen LogP contribution in [0.1, 0.15) is 17.4 Å². The number of hydrogen-bond acceptors (Lipinski definition) is 6. The van der Waals surface area contributed by atoms with Gasteiger partial charge in [0.1, 0.15) is 12.1 Å². The van der Waals surface area contributed by atoms with E-state index in [1.165, 1.54) is 22.2 Å². The van der Waals surface area contributed by atoms with Crippen LogP contribution in [0.5, 0.6) is 5.75 Å². The summed E-state index contributed by atoms with van der Waals surface area (Å²) in [5.74, 6) is 0.866. The van der Waals surface area contributed by atoms with Crippen LogP contribution in [0.25, 0.3) is 5.69 Å². The lowest BCUT2D eigenvalue weighted by Gasteiger charge is -2.29. The van der Waals surface area contributed by atoms with Crippen molar-refractivity contribution in [2.45, 2.75) is 30.3 Å². The summed E-state index contributed by atoms with van der Waals surface area (Å²) in [6.07, 6.45) is 2.59. The van der Waals surface area contributed by atoms with Gasteiger partial charge in [-0.15, -0.1) is 21.5 Å². The molecular formula is C19H20N4O2S2. The summed E-state index contributed by atoms with van der Waals surface area (Å²) in [5.41, 5.74) is 2.13. The molecule has 0 N–H and O–H groups in total. The molecule has 27 heavy (non-hydrogen) atoms. The van der Waals surface area contributed by atoms with E-state index in [1.54, 1.807) is 24.8 Å². The second-order valence-corrected chi connectivity index (χ2v) is 8.60. The van der Waals surface area contributed by atoms with Gasteiger partial charge in [-0.2, -0.15) is 0 Å². The summed E-state index contributed by atoms with van der Waals surface area (Å²) >= 11 is 3.20. The first-order valence-corrected chi connectivity index (χ1v) is 10.5. The number of hydrogen-bond donors (Lipinski definition) is 0. The zero-order chi connectivity index (χ0) is 18.8. The number of ether oxygens (including phenoxy) is 1. The van der Waals surface area contributed by atoms with Gasteiger partial charge in [-0.05, 0) is 42.5 Å². The molecule has 0 spiro atoms. The Bertz CT molecular complexity index is 953. The van der Waals surface area contributed by atoms with E-state index in [4.69, 9.17) is 4.74 Å². The maximum Gasteiger partial charge on any atom is 0.236 e. The van der Waals surface area contributed by atoms with Crippen molar-refractivity contribution in [3.05, 3.63) is 52.5 Å². The number of fused-ring (bicyclic) bond motifs is 1. The Morgan fingerprint density at radius 2 is 2.19 bits per heavy atom.